The van der Waals surface area contributed by atoms with Crippen molar-refractivity contribution in [3.8, 4) is 0 Å². The highest BCUT2D eigenvalue weighted by molar-refractivity contribution is 5.96. The molecule has 4 heteroatoms. The van der Waals surface area contributed by atoms with Gasteiger partial charge in [-0.2, -0.15) is 0 Å². The number of rotatable bonds is 4. The second kappa shape index (κ2) is 6.36. The predicted molar refractivity (Wildman–Crippen MR) is 76.4 cm³/mol. The van der Waals surface area contributed by atoms with E-state index < -0.39 is 0 Å². The van der Waals surface area contributed by atoms with Gasteiger partial charge in [0.15, 0.2) is 5.78 Å². The van der Waals surface area contributed by atoms with Gasteiger partial charge in [-0.1, -0.05) is 29.8 Å². The number of nitrogens with one attached hydrogen (secondary N) is 2. The summed E-state index contributed by atoms with van der Waals surface area (Å²) in [5, 5.41) is 5.46. The van der Waals surface area contributed by atoms with Crippen LogP contribution >= 0.6 is 0 Å². The predicted octanol–water partition coefficient (Wildman–Crippen LogP) is 2.67. The van der Waals surface area contributed by atoms with Crippen molar-refractivity contribution in [3.63, 3.8) is 0 Å². The molecule has 1 rings (SSSR count). The van der Waals surface area contributed by atoms with Gasteiger partial charge in [-0.3, -0.25) is 4.79 Å². The molecule has 0 bridgehead atoms. The van der Waals surface area contributed by atoms with Crippen molar-refractivity contribution < 1.29 is 9.59 Å². The summed E-state index contributed by atoms with van der Waals surface area (Å²) in [6, 6.07) is 7.20. The van der Waals surface area contributed by atoms with E-state index in [9.17, 15) is 9.59 Å². The number of aryl methyl sites for hydroxylation is 1. The monoisotopic (exact) mass is 262 g/mol. The van der Waals surface area contributed by atoms with Crippen LogP contribution in [-0.4, -0.2) is 23.9 Å². The number of carbonyl (C=O) groups is 2. The third-order valence-corrected chi connectivity index (χ3v) is 2.50. The highest BCUT2D eigenvalue weighted by atomic mass is 16.2. The molecule has 4 nitrogen and oxygen atoms in total. The normalized spacial score (nSPS) is 10.9. The molecule has 2 N–H and O–H groups in total. The van der Waals surface area contributed by atoms with E-state index in [0.717, 1.165) is 5.56 Å². The van der Waals surface area contributed by atoms with Gasteiger partial charge in [-0.15, -0.1) is 0 Å². The highest BCUT2D eigenvalue weighted by Gasteiger charge is 2.13. The van der Waals surface area contributed by atoms with Crippen LogP contribution in [0.4, 0.5) is 4.79 Å². The summed E-state index contributed by atoms with van der Waals surface area (Å²) in [6.07, 6.45) is 0.306. The highest BCUT2D eigenvalue weighted by Crippen LogP contribution is 2.05. The van der Waals surface area contributed by atoms with Crippen molar-refractivity contribution in [3.05, 3.63) is 35.4 Å². The molecular weight excluding hydrogens is 240 g/mol. The molecular formula is C15H22N2O2. The third-order valence-electron chi connectivity index (χ3n) is 2.50. The fraction of sp³-hybridized carbons (Fsp3) is 0.467. The van der Waals surface area contributed by atoms with Crippen LogP contribution in [0.1, 0.15) is 43.1 Å². The van der Waals surface area contributed by atoms with E-state index in [-0.39, 0.29) is 17.4 Å². The number of hydrogen-bond acceptors (Lipinski definition) is 2. The Labute approximate surface area is 114 Å². The maximum Gasteiger partial charge on any atom is 0.315 e. The van der Waals surface area contributed by atoms with Gasteiger partial charge in [-0.05, 0) is 27.7 Å². The Balaban J connectivity index is 2.35. The average Bonchev–Trinajstić information content (AvgIpc) is 2.27. The third kappa shape index (κ3) is 6.04. The molecule has 0 saturated heterocycles. The molecule has 1 aromatic rings. The summed E-state index contributed by atoms with van der Waals surface area (Å²) in [5.74, 6) is 0.0380. The van der Waals surface area contributed by atoms with Gasteiger partial charge in [0, 0.05) is 24.1 Å². The second-order valence-corrected chi connectivity index (χ2v) is 5.67. The molecule has 0 radical (unpaired) electrons. The van der Waals surface area contributed by atoms with Crippen molar-refractivity contribution in [2.45, 2.75) is 39.7 Å². The molecule has 1 aromatic carbocycles. The Kier molecular flexibility index (Phi) is 5.10. The minimum Gasteiger partial charge on any atom is -0.338 e. The summed E-state index contributed by atoms with van der Waals surface area (Å²) in [6.45, 7) is 8.04. The first-order valence-corrected chi connectivity index (χ1v) is 6.44. The molecule has 0 atom stereocenters. The van der Waals surface area contributed by atoms with E-state index >= 15 is 0 Å². The molecule has 104 valence electrons. The van der Waals surface area contributed by atoms with Crippen LogP contribution in [0.15, 0.2) is 24.3 Å². The van der Waals surface area contributed by atoms with Gasteiger partial charge >= 0.3 is 6.03 Å². The van der Waals surface area contributed by atoms with E-state index in [2.05, 4.69) is 10.6 Å². The minimum atomic E-state index is -0.273. The molecule has 0 saturated carbocycles. The molecule has 0 aliphatic rings. The van der Waals surface area contributed by atoms with Crippen molar-refractivity contribution in [2.24, 2.45) is 0 Å². The van der Waals surface area contributed by atoms with Gasteiger partial charge in [0.2, 0.25) is 0 Å². The van der Waals surface area contributed by atoms with Crippen LogP contribution in [0.2, 0.25) is 0 Å². The van der Waals surface area contributed by atoms with Crippen LogP contribution in [0.25, 0.3) is 0 Å². The van der Waals surface area contributed by atoms with Gasteiger partial charge in [-0.25, -0.2) is 4.79 Å². The SMILES string of the molecule is Cc1ccc(C(=O)CCNC(=O)NC(C)(C)C)cc1. The van der Waals surface area contributed by atoms with Crippen LogP contribution in [0, 0.1) is 6.92 Å². The average molecular weight is 262 g/mol. The molecule has 0 fully saturated rings. The molecule has 2 amide bonds. The lowest BCUT2D eigenvalue weighted by atomic mass is 10.1. The molecule has 0 spiro atoms. The lowest BCUT2D eigenvalue weighted by Gasteiger charge is -2.20. The number of benzene rings is 1. The fourth-order valence-electron chi connectivity index (χ4n) is 1.56. The smallest absolute Gasteiger partial charge is 0.315 e. The number of amides is 2. The molecule has 0 aliphatic heterocycles. The largest absolute Gasteiger partial charge is 0.338 e. The number of Topliss-reactive ketones (excluding diaryl/α,β-unsaturated/α-hetero) is 1. The lowest BCUT2D eigenvalue weighted by molar-refractivity contribution is 0.0983. The minimum absolute atomic E-state index is 0.0380. The van der Waals surface area contributed by atoms with Crippen LogP contribution in [-0.2, 0) is 0 Å². The molecule has 0 heterocycles. The Morgan fingerprint density at radius 1 is 1.11 bits per heavy atom. The van der Waals surface area contributed by atoms with E-state index in [1.807, 2.05) is 52.0 Å². The Morgan fingerprint density at radius 2 is 1.68 bits per heavy atom. The fourth-order valence-corrected chi connectivity index (χ4v) is 1.56. The van der Waals surface area contributed by atoms with Gasteiger partial charge in [0.25, 0.3) is 0 Å². The lowest BCUT2D eigenvalue weighted by Crippen LogP contribution is -2.46. The molecule has 0 aliphatic carbocycles. The van der Waals surface area contributed by atoms with Crippen molar-refractivity contribution >= 4 is 11.8 Å². The first kappa shape index (κ1) is 15.2. The van der Waals surface area contributed by atoms with Crippen LogP contribution < -0.4 is 10.6 Å². The Hall–Kier alpha value is -1.84. The molecule has 0 aromatic heterocycles. The van der Waals surface area contributed by atoms with Crippen LogP contribution in [0.3, 0.4) is 0 Å². The standard InChI is InChI=1S/C15H22N2O2/c1-11-5-7-12(8-6-11)13(18)9-10-16-14(19)17-15(2,3)4/h5-8H,9-10H2,1-4H3,(H2,16,17,19). The van der Waals surface area contributed by atoms with Crippen molar-refractivity contribution in [2.75, 3.05) is 6.54 Å². The summed E-state index contributed by atoms with van der Waals surface area (Å²) in [5.41, 5.74) is 1.54. The Bertz CT molecular complexity index is 444. The van der Waals surface area contributed by atoms with Crippen molar-refractivity contribution in [1.82, 2.24) is 10.6 Å². The second-order valence-electron chi connectivity index (χ2n) is 5.67. The van der Waals surface area contributed by atoms with Crippen LogP contribution in [0.5, 0.6) is 0 Å². The van der Waals surface area contributed by atoms with E-state index in [1.165, 1.54) is 0 Å². The van der Waals surface area contributed by atoms with Gasteiger partial charge in [0.05, 0.1) is 0 Å². The topological polar surface area (TPSA) is 58.2 Å². The van der Waals surface area contributed by atoms with Gasteiger partial charge < -0.3 is 10.6 Å². The summed E-state index contributed by atoms with van der Waals surface area (Å²) in [4.78, 5) is 23.3. The van der Waals surface area contributed by atoms with E-state index in [4.69, 9.17) is 0 Å². The summed E-state index contributed by atoms with van der Waals surface area (Å²) < 4.78 is 0. The van der Waals surface area contributed by atoms with Gasteiger partial charge in [0.1, 0.15) is 0 Å². The molecule has 0 unspecified atom stereocenters. The zero-order chi connectivity index (χ0) is 14.5. The first-order chi connectivity index (χ1) is 8.78. The quantitative estimate of drug-likeness (QED) is 0.820. The number of carbonyl (C=O) groups excluding carboxylic acids is 2. The van der Waals surface area contributed by atoms with E-state index in [0.29, 0.717) is 18.5 Å². The van der Waals surface area contributed by atoms with Crippen molar-refractivity contribution in [1.29, 1.82) is 0 Å². The van der Waals surface area contributed by atoms with E-state index in [1.54, 1.807) is 0 Å². The zero-order valence-corrected chi connectivity index (χ0v) is 12.0. The first-order valence-electron chi connectivity index (χ1n) is 6.44. The summed E-state index contributed by atoms with van der Waals surface area (Å²) in [7, 11) is 0. The molecule has 19 heavy (non-hydrogen) atoms. The zero-order valence-electron chi connectivity index (χ0n) is 12.0. The maximum atomic E-state index is 11.9. The number of hydrogen-bond donors (Lipinski definition) is 2. The number of ketones is 1. The maximum absolute atomic E-state index is 11.9. The summed E-state index contributed by atoms with van der Waals surface area (Å²) >= 11 is 0. The Morgan fingerprint density at radius 3 is 2.21 bits per heavy atom. The number of urea groups is 1.